The second-order valence-electron chi connectivity index (χ2n) is 6.47. The Kier molecular flexibility index (Phi) is 5.26. The number of ether oxygens (including phenoxy) is 1. The Morgan fingerprint density at radius 3 is 2.45 bits per heavy atom. The monoisotopic (exact) mass is 452 g/mol. The fourth-order valence-electron chi connectivity index (χ4n) is 2.86. The van der Waals surface area contributed by atoms with Gasteiger partial charge in [-0.05, 0) is 68.4 Å². The molecule has 2 aromatic carbocycles. The van der Waals surface area contributed by atoms with E-state index in [9.17, 15) is 4.79 Å². The smallest absolute Gasteiger partial charge is 0.338 e. The average Bonchev–Trinajstić information content (AvgIpc) is 3.33. The van der Waals surface area contributed by atoms with Crippen LogP contribution in [0.5, 0.6) is 0 Å². The Hall–Kier alpha value is -3.26. The molecule has 4 rings (SSSR count). The van der Waals surface area contributed by atoms with E-state index in [4.69, 9.17) is 9.15 Å². The van der Waals surface area contributed by atoms with Crippen molar-refractivity contribution in [2.75, 3.05) is 0 Å². The van der Waals surface area contributed by atoms with Crippen LogP contribution in [-0.2, 0) is 11.3 Å². The van der Waals surface area contributed by atoms with E-state index in [2.05, 4.69) is 31.2 Å². The molecule has 0 spiro atoms. The molecule has 0 unspecified atom stereocenters. The standard InChI is InChI=1S/C21H17BrN4O3/c1-13-11-14(2)26(25-13)18-9-5-16(6-10-18)21(27)28-12-19-23-24-20(29-19)15-3-7-17(22)8-4-15/h3-11H,12H2,1-2H3. The summed E-state index contributed by atoms with van der Waals surface area (Å²) in [6, 6.07) is 16.5. The van der Waals surface area contributed by atoms with Gasteiger partial charge in [0.25, 0.3) is 5.89 Å². The third-order valence-electron chi connectivity index (χ3n) is 4.24. The molecule has 2 aromatic heterocycles. The van der Waals surface area contributed by atoms with Crippen molar-refractivity contribution < 1.29 is 13.9 Å². The molecule has 0 saturated heterocycles. The third kappa shape index (κ3) is 4.27. The lowest BCUT2D eigenvalue weighted by atomic mass is 10.2. The number of benzene rings is 2. The molecule has 0 fully saturated rings. The molecular weight excluding hydrogens is 436 g/mol. The quantitative estimate of drug-likeness (QED) is 0.409. The number of carbonyl (C=O) groups excluding carboxylic acids is 1. The Morgan fingerprint density at radius 2 is 1.79 bits per heavy atom. The van der Waals surface area contributed by atoms with Crippen LogP contribution in [0.4, 0.5) is 0 Å². The van der Waals surface area contributed by atoms with Crippen molar-refractivity contribution in [1.29, 1.82) is 0 Å². The van der Waals surface area contributed by atoms with Gasteiger partial charge in [-0.3, -0.25) is 0 Å². The van der Waals surface area contributed by atoms with E-state index >= 15 is 0 Å². The molecule has 8 heteroatoms. The molecule has 0 aliphatic rings. The minimum Gasteiger partial charge on any atom is -0.452 e. The first-order chi connectivity index (χ1) is 14.0. The summed E-state index contributed by atoms with van der Waals surface area (Å²) in [7, 11) is 0. The van der Waals surface area contributed by atoms with Crippen LogP contribution in [-0.4, -0.2) is 25.9 Å². The van der Waals surface area contributed by atoms with E-state index in [0.717, 1.165) is 27.1 Å². The highest BCUT2D eigenvalue weighted by Gasteiger charge is 2.13. The van der Waals surface area contributed by atoms with Gasteiger partial charge in [0.05, 0.1) is 16.9 Å². The molecule has 4 aromatic rings. The lowest BCUT2D eigenvalue weighted by molar-refractivity contribution is 0.0438. The topological polar surface area (TPSA) is 83.0 Å². The number of carbonyl (C=O) groups is 1. The van der Waals surface area contributed by atoms with Gasteiger partial charge in [-0.25, -0.2) is 9.48 Å². The van der Waals surface area contributed by atoms with Crippen molar-refractivity contribution in [3.8, 4) is 17.1 Å². The van der Waals surface area contributed by atoms with Crippen molar-refractivity contribution in [1.82, 2.24) is 20.0 Å². The molecule has 0 radical (unpaired) electrons. The summed E-state index contributed by atoms with van der Waals surface area (Å²) in [6.07, 6.45) is 0. The first-order valence-electron chi connectivity index (χ1n) is 8.89. The highest BCUT2D eigenvalue weighted by atomic mass is 79.9. The zero-order valence-electron chi connectivity index (χ0n) is 15.8. The second kappa shape index (κ2) is 8.00. The van der Waals surface area contributed by atoms with Crippen LogP contribution in [0.25, 0.3) is 17.1 Å². The summed E-state index contributed by atoms with van der Waals surface area (Å²) in [5.41, 5.74) is 4.06. The highest BCUT2D eigenvalue weighted by molar-refractivity contribution is 9.10. The van der Waals surface area contributed by atoms with Crippen molar-refractivity contribution in [3.05, 3.63) is 81.9 Å². The number of aromatic nitrogens is 4. The molecule has 0 bridgehead atoms. The normalized spacial score (nSPS) is 10.9. The van der Waals surface area contributed by atoms with Crippen LogP contribution in [0.1, 0.15) is 27.6 Å². The molecule has 146 valence electrons. The van der Waals surface area contributed by atoms with Gasteiger partial charge < -0.3 is 9.15 Å². The van der Waals surface area contributed by atoms with Gasteiger partial charge in [0.1, 0.15) is 0 Å². The summed E-state index contributed by atoms with van der Waals surface area (Å²) in [6.45, 7) is 3.82. The average molecular weight is 453 g/mol. The van der Waals surface area contributed by atoms with Crippen LogP contribution in [0.3, 0.4) is 0 Å². The summed E-state index contributed by atoms with van der Waals surface area (Å²) in [5, 5.41) is 12.4. The van der Waals surface area contributed by atoms with Gasteiger partial charge in [-0.2, -0.15) is 5.10 Å². The van der Waals surface area contributed by atoms with Gasteiger partial charge in [0, 0.05) is 15.7 Å². The maximum absolute atomic E-state index is 12.3. The summed E-state index contributed by atoms with van der Waals surface area (Å²) in [4.78, 5) is 12.3. The Bertz CT molecular complexity index is 1150. The summed E-state index contributed by atoms with van der Waals surface area (Å²) in [5.74, 6) is 0.140. The molecule has 0 saturated carbocycles. The minimum atomic E-state index is -0.465. The van der Waals surface area contributed by atoms with E-state index in [1.54, 1.807) is 12.1 Å². The van der Waals surface area contributed by atoms with Crippen LogP contribution < -0.4 is 0 Å². The fraction of sp³-hybridized carbons (Fsp3) is 0.143. The van der Waals surface area contributed by atoms with Crippen LogP contribution in [0.2, 0.25) is 0 Å². The number of hydrogen-bond donors (Lipinski definition) is 0. The van der Waals surface area contributed by atoms with E-state index in [1.165, 1.54) is 0 Å². The minimum absolute atomic E-state index is 0.0957. The maximum Gasteiger partial charge on any atom is 0.338 e. The Labute approximate surface area is 175 Å². The van der Waals surface area contributed by atoms with E-state index < -0.39 is 5.97 Å². The molecule has 2 heterocycles. The maximum atomic E-state index is 12.3. The van der Waals surface area contributed by atoms with E-state index in [0.29, 0.717) is 11.5 Å². The lowest BCUT2D eigenvalue weighted by Gasteiger charge is -2.06. The third-order valence-corrected chi connectivity index (χ3v) is 4.77. The lowest BCUT2D eigenvalue weighted by Crippen LogP contribution is -2.06. The molecule has 0 aliphatic heterocycles. The van der Waals surface area contributed by atoms with Crippen LogP contribution in [0.15, 0.2) is 63.5 Å². The van der Waals surface area contributed by atoms with Gasteiger partial charge in [-0.1, -0.05) is 15.9 Å². The van der Waals surface area contributed by atoms with Crippen molar-refractivity contribution in [3.63, 3.8) is 0 Å². The van der Waals surface area contributed by atoms with E-state index in [1.807, 2.05) is 61.0 Å². The van der Waals surface area contributed by atoms with Crippen LogP contribution in [0, 0.1) is 13.8 Å². The first-order valence-corrected chi connectivity index (χ1v) is 9.68. The van der Waals surface area contributed by atoms with Crippen molar-refractivity contribution in [2.24, 2.45) is 0 Å². The molecule has 0 aliphatic carbocycles. The SMILES string of the molecule is Cc1cc(C)n(-c2ccc(C(=O)OCc3nnc(-c4ccc(Br)cc4)o3)cc2)n1. The zero-order chi connectivity index (χ0) is 20.4. The number of esters is 1. The number of rotatable bonds is 5. The Balaban J connectivity index is 1.40. The first kappa shape index (κ1) is 19.1. The van der Waals surface area contributed by atoms with Crippen LogP contribution >= 0.6 is 15.9 Å². The van der Waals surface area contributed by atoms with Gasteiger partial charge in [-0.15, -0.1) is 10.2 Å². The predicted octanol–water partition coefficient (Wildman–Crippen LogP) is 4.66. The summed E-state index contributed by atoms with van der Waals surface area (Å²) < 4.78 is 13.6. The molecular formula is C21H17BrN4O3. The van der Waals surface area contributed by atoms with E-state index in [-0.39, 0.29) is 12.5 Å². The van der Waals surface area contributed by atoms with Gasteiger partial charge in [0.2, 0.25) is 5.89 Å². The number of aryl methyl sites for hydroxylation is 2. The molecule has 0 amide bonds. The molecule has 0 N–H and O–H groups in total. The van der Waals surface area contributed by atoms with Crippen molar-refractivity contribution in [2.45, 2.75) is 20.5 Å². The molecule has 0 atom stereocenters. The fourth-order valence-corrected chi connectivity index (χ4v) is 3.13. The highest BCUT2D eigenvalue weighted by Crippen LogP contribution is 2.21. The molecule has 29 heavy (non-hydrogen) atoms. The summed E-state index contributed by atoms with van der Waals surface area (Å²) >= 11 is 3.38. The number of hydrogen-bond acceptors (Lipinski definition) is 6. The number of halogens is 1. The van der Waals surface area contributed by atoms with Gasteiger partial charge >= 0.3 is 5.97 Å². The second-order valence-corrected chi connectivity index (χ2v) is 7.39. The van der Waals surface area contributed by atoms with Crippen molar-refractivity contribution >= 4 is 21.9 Å². The largest absolute Gasteiger partial charge is 0.452 e. The number of nitrogens with zero attached hydrogens (tertiary/aromatic N) is 4. The Morgan fingerprint density at radius 1 is 1.07 bits per heavy atom. The predicted molar refractivity (Wildman–Crippen MR) is 110 cm³/mol. The van der Waals surface area contributed by atoms with Gasteiger partial charge in [0.15, 0.2) is 6.61 Å². The molecule has 7 nitrogen and oxygen atoms in total. The zero-order valence-corrected chi connectivity index (χ0v) is 17.4.